The van der Waals surface area contributed by atoms with Crippen LogP contribution in [0.3, 0.4) is 0 Å². The Bertz CT molecular complexity index is 749. The molecule has 0 spiro atoms. The van der Waals surface area contributed by atoms with Crippen LogP contribution in [0, 0.1) is 29.1 Å². The van der Waals surface area contributed by atoms with Crippen LogP contribution < -0.4 is 10.1 Å². The molecule has 8 heteroatoms. The molecule has 1 amide bonds. The van der Waals surface area contributed by atoms with Gasteiger partial charge < -0.3 is 10.1 Å². The minimum absolute atomic E-state index is 0.139. The Morgan fingerprint density at radius 2 is 1.44 bits per heavy atom. The Balaban J connectivity index is 1.96. The summed E-state index contributed by atoms with van der Waals surface area (Å²) in [5.74, 6) is -10.6. The standard InChI is InChI=1S/C17H14F5NO2/c1-25-10-4-2-9(3-5-10)6-7-23-12(24)8-11-13(18)15(20)17(22)16(21)14(11)19/h2-5H,6-8H2,1H3,(H,23,24). The summed E-state index contributed by atoms with van der Waals surface area (Å²) in [6.45, 7) is 0.139. The summed E-state index contributed by atoms with van der Waals surface area (Å²) in [5.41, 5.74) is -0.282. The van der Waals surface area contributed by atoms with E-state index >= 15 is 0 Å². The molecule has 0 fully saturated rings. The monoisotopic (exact) mass is 359 g/mol. The number of nitrogens with one attached hydrogen (secondary N) is 1. The molecule has 0 radical (unpaired) electrons. The topological polar surface area (TPSA) is 38.3 Å². The van der Waals surface area contributed by atoms with Gasteiger partial charge in [0.2, 0.25) is 11.7 Å². The molecule has 1 N–H and O–H groups in total. The SMILES string of the molecule is COc1ccc(CCNC(=O)Cc2c(F)c(F)c(F)c(F)c2F)cc1. The number of hydrogen-bond acceptors (Lipinski definition) is 2. The molecule has 25 heavy (non-hydrogen) atoms. The van der Waals surface area contributed by atoms with Gasteiger partial charge in [0.05, 0.1) is 13.5 Å². The van der Waals surface area contributed by atoms with E-state index in [0.717, 1.165) is 5.56 Å². The number of carbonyl (C=O) groups excluding carboxylic acids is 1. The van der Waals surface area contributed by atoms with Crippen LogP contribution in [-0.2, 0) is 17.6 Å². The smallest absolute Gasteiger partial charge is 0.224 e. The highest BCUT2D eigenvalue weighted by Crippen LogP contribution is 2.23. The van der Waals surface area contributed by atoms with E-state index in [4.69, 9.17) is 4.74 Å². The van der Waals surface area contributed by atoms with Crippen LogP contribution in [0.5, 0.6) is 5.75 Å². The fourth-order valence-corrected chi connectivity index (χ4v) is 2.17. The molecule has 0 aliphatic rings. The zero-order valence-corrected chi connectivity index (χ0v) is 13.1. The number of methoxy groups -OCH3 is 1. The van der Waals surface area contributed by atoms with Crippen molar-refractivity contribution in [3.8, 4) is 5.75 Å². The van der Waals surface area contributed by atoms with Gasteiger partial charge in [-0.05, 0) is 24.1 Å². The van der Waals surface area contributed by atoms with Gasteiger partial charge in [0.25, 0.3) is 0 Å². The lowest BCUT2D eigenvalue weighted by Crippen LogP contribution is -2.28. The van der Waals surface area contributed by atoms with E-state index in [1.54, 1.807) is 24.3 Å². The van der Waals surface area contributed by atoms with Crippen molar-refractivity contribution < 1.29 is 31.5 Å². The van der Waals surface area contributed by atoms with Crippen LogP contribution in [0.15, 0.2) is 24.3 Å². The number of rotatable bonds is 6. The third-order valence-corrected chi connectivity index (χ3v) is 3.53. The fourth-order valence-electron chi connectivity index (χ4n) is 2.17. The number of amides is 1. The molecule has 2 aromatic rings. The summed E-state index contributed by atoms with van der Waals surface area (Å²) in [4.78, 5) is 11.7. The van der Waals surface area contributed by atoms with E-state index in [1.807, 2.05) is 0 Å². The van der Waals surface area contributed by atoms with E-state index in [-0.39, 0.29) is 6.54 Å². The van der Waals surface area contributed by atoms with Gasteiger partial charge in [-0.25, -0.2) is 22.0 Å². The average molecular weight is 359 g/mol. The first kappa shape index (κ1) is 18.7. The lowest BCUT2D eigenvalue weighted by Gasteiger charge is -2.09. The van der Waals surface area contributed by atoms with Crippen LogP contribution in [0.2, 0.25) is 0 Å². The second kappa shape index (κ2) is 7.96. The number of benzene rings is 2. The molecule has 2 rings (SSSR count). The highest BCUT2D eigenvalue weighted by Gasteiger charge is 2.26. The van der Waals surface area contributed by atoms with Crippen molar-refractivity contribution in [1.29, 1.82) is 0 Å². The van der Waals surface area contributed by atoms with Crippen molar-refractivity contribution in [1.82, 2.24) is 5.32 Å². The fraction of sp³-hybridized carbons (Fsp3) is 0.235. The predicted molar refractivity (Wildman–Crippen MR) is 79.6 cm³/mol. The molecular weight excluding hydrogens is 345 g/mol. The first-order valence-electron chi connectivity index (χ1n) is 7.25. The van der Waals surface area contributed by atoms with Gasteiger partial charge in [0.1, 0.15) is 5.75 Å². The lowest BCUT2D eigenvalue weighted by molar-refractivity contribution is -0.120. The molecule has 0 aromatic heterocycles. The molecule has 0 unspecified atom stereocenters. The molecule has 0 heterocycles. The summed E-state index contributed by atoms with van der Waals surface area (Å²) in [7, 11) is 1.52. The molecule has 0 aliphatic carbocycles. The number of halogens is 5. The van der Waals surface area contributed by atoms with E-state index in [2.05, 4.69) is 5.32 Å². The maximum Gasteiger partial charge on any atom is 0.224 e. The Labute approximate surface area is 140 Å². The molecule has 0 saturated heterocycles. The summed E-state index contributed by atoms with van der Waals surface area (Å²) < 4.78 is 71.1. The zero-order valence-electron chi connectivity index (χ0n) is 13.1. The van der Waals surface area contributed by atoms with Gasteiger partial charge in [0.15, 0.2) is 23.3 Å². The van der Waals surface area contributed by atoms with E-state index in [9.17, 15) is 26.7 Å². The zero-order chi connectivity index (χ0) is 18.6. The second-order valence-corrected chi connectivity index (χ2v) is 5.17. The van der Waals surface area contributed by atoms with Crippen LogP contribution in [0.4, 0.5) is 22.0 Å². The summed E-state index contributed by atoms with van der Waals surface area (Å²) >= 11 is 0. The second-order valence-electron chi connectivity index (χ2n) is 5.17. The largest absolute Gasteiger partial charge is 0.497 e. The van der Waals surface area contributed by atoms with Crippen molar-refractivity contribution in [2.75, 3.05) is 13.7 Å². The molecular formula is C17H14F5NO2. The van der Waals surface area contributed by atoms with Crippen LogP contribution in [0.25, 0.3) is 0 Å². The van der Waals surface area contributed by atoms with Gasteiger partial charge in [-0.15, -0.1) is 0 Å². The number of carbonyl (C=O) groups is 1. The van der Waals surface area contributed by atoms with Crippen molar-refractivity contribution in [3.05, 3.63) is 64.5 Å². The normalized spacial score (nSPS) is 10.6. The first-order chi connectivity index (χ1) is 11.8. The van der Waals surface area contributed by atoms with Crippen LogP contribution >= 0.6 is 0 Å². The minimum Gasteiger partial charge on any atom is -0.497 e. The predicted octanol–water partition coefficient (Wildman–Crippen LogP) is 3.29. The average Bonchev–Trinajstić information content (AvgIpc) is 2.62. The maximum absolute atomic E-state index is 13.5. The maximum atomic E-state index is 13.5. The molecule has 2 aromatic carbocycles. The lowest BCUT2D eigenvalue weighted by atomic mass is 10.1. The molecule has 0 saturated carbocycles. The Kier molecular flexibility index (Phi) is 5.95. The first-order valence-corrected chi connectivity index (χ1v) is 7.25. The minimum atomic E-state index is -2.25. The summed E-state index contributed by atoms with van der Waals surface area (Å²) in [6.07, 6.45) is -0.527. The number of hydrogen-bond donors (Lipinski definition) is 1. The van der Waals surface area contributed by atoms with E-state index < -0.39 is 47.0 Å². The number of ether oxygens (including phenoxy) is 1. The summed E-state index contributed by atoms with van der Waals surface area (Å²) in [6, 6.07) is 7.00. The third kappa shape index (κ3) is 4.26. The third-order valence-electron chi connectivity index (χ3n) is 3.53. The van der Waals surface area contributed by atoms with Crippen molar-refractivity contribution in [2.45, 2.75) is 12.8 Å². The Morgan fingerprint density at radius 3 is 1.96 bits per heavy atom. The highest BCUT2D eigenvalue weighted by atomic mass is 19.2. The van der Waals surface area contributed by atoms with Gasteiger partial charge in [-0.1, -0.05) is 12.1 Å². The van der Waals surface area contributed by atoms with Crippen LogP contribution in [0.1, 0.15) is 11.1 Å². The molecule has 0 bridgehead atoms. The van der Waals surface area contributed by atoms with Gasteiger partial charge in [-0.3, -0.25) is 4.79 Å². The molecule has 134 valence electrons. The summed E-state index contributed by atoms with van der Waals surface area (Å²) in [5, 5.41) is 2.37. The van der Waals surface area contributed by atoms with E-state index in [0.29, 0.717) is 12.2 Å². The molecule has 0 atom stereocenters. The Morgan fingerprint density at radius 1 is 0.920 bits per heavy atom. The molecule has 0 aliphatic heterocycles. The van der Waals surface area contributed by atoms with Crippen LogP contribution in [-0.4, -0.2) is 19.6 Å². The van der Waals surface area contributed by atoms with Crippen molar-refractivity contribution in [2.24, 2.45) is 0 Å². The quantitative estimate of drug-likeness (QED) is 0.488. The van der Waals surface area contributed by atoms with Gasteiger partial charge >= 0.3 is 0 Å². The van der Waals surface area contributed by atoms with Gasteiger partial charge in [-0.2, -0.15) is 0 Å². The Hall–Kier alpha value is -2.64. The highest BCUT2D eigenvalue weighted by molar-refractivity contribution is 5.78. The van der Waals surface area contributed by atoms with Gasteiger partial charge in [0, 0.05) is 12.1 Å². The van der Waals surface area contributed by atoms with Crippen molar-refractivity contribution in [3.63, 3.8) is 0 Å². The molecule has 3 nitrogen and oxygen atoms in total. The van der Waals surface area contributed by atoms with E-state index in [1.165, 1.54) is 7.11 Å². The van der Waals surface area contributed by atoms with Crippen molar-refractivity contribution >= 4 is 5.91 Å².